The van der Waals surface area contributed by atoms with Crippen LogP contribution in [0, 0.1) is 13.8 Å². The highest BCUT2D eigenvalue weighted by Gasteiger charge is 2.16. The number of nitrogens with two attached hydrogens (primary N) is 1. The molecule has 0 bridgehead atoms. The Hall–Kier alpha value is -2.08. The molecule has 2 rings (SSSR count). The van der Waals surface area contributed by atoms with Gasteiger partial charge in [0.05, 0.1) is 11.3 Å². The molecule has 0 spiro atoms. The summed E-state index contributed by atoms with van der Waals surface area (Å²) in [6, 6.07) is 5.90. The second-order valence-corrected chi connectivity index (χ2v) is 5.41. The van der Waals surface area contributed by atoms with Crippen molar-refractivity contribution in [2.24, 2.45) is 5.73 Å². The van der Waals surface area contributed by atoms with Crippen molar-refractivity contribution in [2.75, 3.05) is 18.5 Å². The van der Waals surface area contributed by atoms with Crippen molar-refractivity contribution >= 4 is 23.0 Å². The summed E-state index contributed by atoms with van der Waals surface area (Å²) < 4.78 is 0. The SMILES string of the molecule is Cc1nnc(N(C)CCc2ccccn2)c(C(N)=S)c1C. The van der Waals surface area contributed by atoms with Gasteiger partial charge in [-0.1, -0.05) is 18.3 Å². The van der Waals surface area contributed by atoms with Gasteiger partial charge in [-0.25, -0.2) is 0 Å². The molecular weight excluding hydrogens is 282 g/mol. The number of aryl methyl sites for hydroxylation is 1. The molecule has 21 heavy (non-hydrogen) atoms. The summed E-state index contributed by atoms with van der Waals surface area (Å²) in [6.45, 7) is 4.64. The van der Waals surface area contributed by atoms with Gasteiger partial charge < -0.3 is 10.6 Å². The van der Waals surface area contributed by atoms with Crippen LogP contribution in [0.4, 0.5) is 5.82 Å². The highest BCUT2D eigenvalue weighted by atomic mass is 32.1. The number of rotatable bonds is 5. The van der Waals surface area contributed by atoms with Crippen LogP contribution in [0.2, 0.25) is 0 Å². The molecular formula is C15H19N5S. The van der Waals surface area contributed by atoms with Gasteiger partial charge >= 0.3 is 0 Å². The van der Waals surface area contributed by atoms with Crippen LogP contribution in [0.1, 0.15) is 22.5 Å². The van der Waals surface area contributed by atoms with Gasteiger partial charge in [-0.3, -0.25) is 4.98 Å². The van der Waals surface area contributed by atoms with Crippen LogP contribution in [0.3, 0.4) is 0 Å². The Bertz CT molecular complexity index is 642. The lowest BCUT2D eigenvalue weighted by molar-refractivity contribution is 0.814. The number of nitrogens with zero attached hydrogens (tertiary/aromatic N) is 4. The van der Waals surface area contributed by atoms with Crippen LogP contribution in [-0.4, -0.2) is 33.8 Å². The zero-order chi connectivity index (χ0) is 15.4. The number of likely N-dealkylation sites (N-methyl/N-ethyl adjacent to an activating group) is 1. The van der Waals surface area contributed by atoms with E-state index in [0.717, 1.165) is 41.3 Å². The maximum absolute atomic E-state index is 5.85. The van der Waals surface area contributed by atoms with Crippen molar-refractivity contribution in [3.63, 3.8) is 0 Å². The minimum absolute atomic E-state index is 0.352. The minimum atomic E-state index is 0.352. The molecule has 0 aliphatic carbocycles. The second kappa shape index (κ2) is 6.58. The molecule has 0 aliphatic rings. The summed E-state index contributed by atoms with van der Waals surface area (Å²) in [7, 11) is 1.96. The fourth-order valence-corrected chi connectivity index (χ4v) is 2.34. The van der Waals surface area contributed by atoms with E-state index in [-0.39, 0.29) is 0 Å². The summed E-state index contributed by atoms with van der Waals surface area (Å²) in [5.74, 6) is 0.724. The third-order valence-corrected chi connectivity index (χ3v) is 3.68. The average Bonchev–Trinajstić information content (AvgIpc) is 2.48. The van der Waals surface area contributed by atoms with Crippen molar-refractivity contribution in [3.05, 3.63) is 46.9 Å². The van der Waals surface area contributed by atoms with Gasteiger partial charge in [-0.15, -0.1) is 5.10 Å². The van der Waals surface area contributed by atoms with Gasteiger partial charge in [0.2, 0.25) is 0 Å². The first-order chi connectivity index (χ1) is 10.0. The molecule has 5 nitrogen and oxygen atoms in total. The first-order valence-electron chi connectivity index (χ1n) is 6.75. The lowest BCUT2D eigenvalue weighted by Gasteiger charge is -2.21. The Morgan fingerprint density at radius 2 is 2.05 bits per heavy atom. The van der Waals surface area contributed by atoms with Gasteiger partial charge in [-0.2, -0.15) is 5.10 Å². The van der Waals surface area contributed by atoms with E-state index in [9.17, 15) is 0 Å². The maximum Gasteiger partial charge on any atom is 0.161 e. The number of hydrogen-bond acceptors (Lipinski definition) is 5. The zero-order valence-corrected chi connectivity index (χ0v) is 13.3. The zero-order valence-electron chi connectivity index (χ0n) is 12.5. The monoisotopic (exact) mass is 301 g/mol. The smallest absolute Gasteiger partial charge is 0.161 e. The van der Waals surface area contributed by atoms with E-state index in [4.69, 9.17) is 18.0 Å². The lowest BCUT2D eigenvalue weighted by atomic mass is 10.1. The molecule has 0 aliphatic heterocycles. The number of hydrogen-bond donors (Lipinski definition) is 1. The Kier molecular flexibility index (Phi) is 4.80. The summed E-state index contributed by atoms with van der Waals surface area (Å²) in [6.07, 6.45) is 2.62. The van der Waals surface area contributed by atoms with Gasteiger partial charge in [0.1, 0.15) is 4.99 Å². The van der Waals surface area contributed by atoms with Crippen molar-refractivity contribution in [3.8, 4) is 0 Å². The minimum Gasteiger partial charge on any atom is -0.389 e. The Morgan fingerprint density at radius 3 is 2.67 bits per heavy atom. The molecule has 0 fully saturated rings. The summed E-state index contributed by atoms with van der Waals surface area (Å²) >= 11 is 5.16. The molecule has 6 heteroatoms. The molecule has 0 aromatic carbocycles. The largest absolute Gasteiger partial charge is 0.389 e. The summed E-state index contributed by atoms with van der Waals surface area (Å²) in [5.41, 5.74) is 9.53. The van der Waals surface area contributed by atoms with Gasteiger partial charge in [0.25, 0.3) is 0 Å². The van der Waals surface area contributed by atoms with Crippen LogP contribution in [-0.2, 0) is 6.42 Å². The quantitative estimate of drug-likeness (QED) is 0.849. The van der Waals surface area contributed by atoms with Gasteiger partial charge in [-0.05, 0) is 31.5 Å². The van der Waals surface area contributed by atoms with Crippen LogP contribution in [0.25, 0.3) is 0 Å². The van der Waals surface area contributed by atoms with Crippen molar-refractivity contribution in [1.82, 2.24) is 15.2 Å². The van der Waals surface area contributed by atoms with Crippen LogP contribution < -0.4 is 10.6 Å². The molecule has 2 aromatic heterocycles. The van der Waals surface area contributed by atoms with E-state index in [1.807, 2.05) is 44.0 Å². The molecule has 0 saturated heterocycles. The second-order valence-electron chi connectivity index (χ2n) is 4.97. The Labute approximate surface area is 130 Å². The first-order valence-corrected chi connectivity index (χ1v) is 7.16. The predicted octanol–water partition coefficient (Wildman–Crippen LogP) is 1.80. The number of aromatic nitrogens is 3. The summed E-state index contributed by atoms with van der Waals surface area (Å²) in [4.78, 5) is 6.69. The Balaban J connectivity index is 2.21. The maximum atomic E-state index is 5.85. The number of thiocarbonyl (C=S) groups is 1. The molecule has 0 unspecified atom stereocenters. The van der Waals surface area contributed by atoms with E-state index in [0.29, 0.717) is 4.99 Å². The van der Waals surface area contributed by atoms with Crippen LogP contribution in [0.15, 0.2) is 24.4 Å². The van der Waals surface area contributed by atoms with E-state index in [1.54, 1.807) is 6.20 Å². The van der Waals surface area contributed by atoms with Crippen molar-refractivity contribution < 1.29 is 0 Å². The highest BCUT2D eigenvalue weighted by molar-refractivity contribution is 7.80. The summed E-state index contributed by atoms with van der Waals surface area (Å²) in [5, 5.41) is 8.44. The predicted molar refractivity (Wildman–Crippen MR) is 88.6 cm³/mol. The van der Waals surface area contributed by atoms with Gasteiger partial charge in [0.15, 0.2) is 5.82 Å². The topological polar surface area (TPSA) is 67.9 Å². The molecule has 0 saturated carbocycles. The molecule has 0 atom stereocenters. The van der Waals surface area contributed by atoms with Crippen LogP contribution >= 0.6 is 12.2 Å². The number of pyridine rings is 1. The van der Waals surface area contributed by atoms with E-state index >= 15 is 0 Å². The molecule has 2 heterocycles. The Morgan fingerprint density at radius 1 is 1.29 bits per heavy atom. The first kappa shape index (κ1) is 15.3. The fraction of sp³-hybridized carbons (Fsp3) is 0.333. The van der Waals surface area contributed by atoms with Crippen LogP contribution in [0.5, 0.6) is 0 Å². The third kappa shape index (κ3) is 3.52. The third-order valence-electron chi connectivity index (χ3n) is 3.47. The van der Waals surface area contributed by atoms with E-state index in [1.165, 1.54) is 0 Å². The molecule has 2 N–H and O–H groups in total. The highest BCUT2D eigenvalue weighted by Crippen LogP contribution is 2.21. The standard InChI is InChI=1S/C15H19N5S/c1-10-11(2)18-19-15(13(10)14(16)21)20(3)9-7-12-6-4-5-8-17-12/h4-6,8H,7,9H2,1-3H3,(H2,16,21). The molecule has 0 radical (unpaired) electrons. The normalized spacial score (nSPS) is 10.4. The fourth-order valence-electron chi connectivity index (χ4n) is 2.09. The lowest BCUT2D eigenvalue weighted by Crippen LogP contribution is -2.27. The molecule has 2 aromatic rings. The molecule has 0 amide bonds. The van der Waals surface area contributed by atoms with Gasteiger partial charge in [0, 0.05) is 31.9 Å². The van der Waals surface area contributed by atoms with Crippen molar-refractivity contribution in [1.29, 1.82) is 0 Å². The number of anilines is 1. The van der Waals surface area contributed by atoms with E-state index in [2.05, 4.69) is 15.2 Å². The van der Waals surface area contributed by atoms with E-state index < -0.39 is 0 Å². The molecule has 110 valence electrons. The van der Waals surface area contributed by atoms with Crippen molar-refractivity contribution in [2.45, 2.75) is 20.3 Å². The average molecular weight is 301 g/mol.